The third kappa shape index (κ3) is 2.70. The van der Waals surface area contributed by atoms with E-state index in [-0.39, 0.29) is 0 Å². The van der Waals surface area contributed by atoms with Gasteiger partial charge >= 0.3 is 0 Å². The van der Waals surface area contributed by atoms with Crippen molar-refractivity contribution in [2.24, 2.45) is 18.9 Å². The van der Waals surface area contributed by atoms with E-state index in [2.05, 4.69) is 29.9 Å². The number of piperidine rings is 1. The number of benzene rings is 1. The molecule has 3 rings (SSSR count). The van der Waals surface area contributed by atoms with E-state index in [1.807, 2.05) is 12.1 Å². The lowest BCUT2D eigenvalue weighted by Gasteiger charge is -2.28. The van der Waals surface area contributed by atoms with Gasteiger partial charge in [0.15, 0.2) is 0 Å². The average molecular weight is 292 g/mol. The lowest BCUT2D eigenvalue weighted by molar-refractivity contribution is 0.275. The van der Waals surface area contributed by atoms with Gasteiger partial charge in [0.05, 0.1) is 11.0 Å². The second-order valence-corrected chi connectivity index (χ2v) is 6.44. The van der Waals surface area contributed by atoms with Crippen LogP contribution in [-0.4, -0.2) is 22.6 Å². The number of fused-ring (bicyclic) bond motifs is 1. The number of imidazole rings is 1. The Kier molecular flexibility index (Phi) is 3.99. The van der Waals surface area contributed by atoms with Crippen LogP contribution in [0.1, 0.15) is 25.6 Å². The zero-order valence-corrected chi connectivity index (χ0v) is 13.0. The number of hydrogen-bond acceptors (Lipinski definition) is 2. The molecular formula is C16H22ClN3. The maximum Gasteiger partial charge on any atom is 0.109 e. The lowest BCUT2D eigenvalue weighted by Crippen LogP contribution is -2.34. The highest BCUT2D eigenvalue weighted by atomic mass is 35.5. The minimum Gasteiger partial charge on any atom is -0.331 e. The molecule has 2 heterocycles. The van der Waals surface area contributed by atoms with Gasteiger partial charge in [-0.2, -0.15) is 0 Å². The SMILES string of the molecule is CC(Cc1nc2cc(Cl)ccc2n1C)C1CCCNC1. The maximum atomic E-state index is 6.05. The van der Waals surface area contributed by atoms with Gasteiger partial charge in [-0.15, -0.1) is 0 Å². The summed E-state index contributed by atoms with van der Waals surface area (Å²) in [6, 6.07) is 5.94. The third-order valence-corrected chi connectivity index (χ3v) is 4.81. The zero-order chi connectivity index (χ0) is 14.1. The van der Waals surface area contributed by atoms with Gasteiger partial charge < -0.3 is 9.88 Å². The molecule has 0 radical (unpaired) electrons. The first-order valence-corrected chi connectivity index (χ1v) is 7.84. The van der Waals surface area contributed by atoms with Crippen LogP contribution in [0.15, 0.2) is 18.2 Å². The molecule has 1 aromatic heterocycles. The fraction of sp³-hybridized carbons (Fsp3) is 0.562. The Bertz CT molecular complexity index is 599. The normalized spacial score (nSPS) is 21.2. The van der Waals surface area contributed by atoms with Gasteiger partial charge in [0, 0.05) is 18.5 Å². The highest BCUT2D eigenvalue weighted by Gasteiger charge is 2.22. The Morgan fingerprint density at radius 2 is 2.35 bits per heavy atom. The van der Waals surface area contributed by atoms with Gasteiger partial charge in [0.1, 0.15) is 5.82 Å². The fourth-order valence-corrected chi connectivity index (χ4v) is 3.39. The van der Waals surface area contributed by atoms with Crippen molar-refractivity contribution in [2.45, 2.75) is 26.2 Å². The Labute approximate surface area is 125 Å². The molecule has 4 heteroatoms. The van der Waals surface area contributed by atoms with E-state index in [0.29, 0.717) is 5.92 Å². The van der Waals surface area contributed by atoms with Gasteiger partial charge in [-0.05, 0) is 56.0 Å². The number of halogens is 1. The molecule has 1 fully saturated rings. The van der Waals surface area contributed by atoms with Gasteiger partial charge in [-0.25, -0.2) is 4.98 Å². The summed E-state index contributed by atoms with van der Waals surface area (Å²) < 4.78 is 2.21. The quantitative estimate of drug-likeness (QED) is 0.939. The van der Waals surface area contributed by atoms with E-state index in [4.69, 9.17) is 16.6 Å². The van der Waals surface area contributed by atoms with Gasteiger partial charge in [0.2, 0.25) is 0 Å². The standard InChI is InChI=1S/C16H22ClN3/c1-11(12-4-3-7-18-10-12)8-16-19-14-9-13(17)5-6-15(14)20(16)2/h5-6,9,11-12,18H,3-4,7-8,10H2,1-2H3. The molecular weight excluding hydrogens is 270 g/mol. The van der Waals surface area contributed by atoms with E-state index in [9.17, 15) is 0 Å². The van der Waals surface area contributed by atoms with Crippen LogP contribution in [0.5, 0.6) is 0 Å². The summed E-state index contributed by atoms with van der Waals surface area (Å²) in [4.78, 5) is 4.77. The van der Waals surface area contributed by atoms with Crippen LogP contribution in [0.2, 0.25) is 5.02 Å². The topological polar surface area (TPSA) is 29.9 Å². The van der Waals surface area contributed by atoms with Gasteiger partial charge in [-0.3, -0.25) is 0 Å². The first-order valence-electron chi connectivity index (χ1n) is 7.46. The molecule has 1 aliphatic heterocycles. The molecule has 2 atom stereocenters. The summed E-state index contributed by atoms with van der Waals surface area (Å²) in [6.07, 6.45) is 3.67. The molecule has 2 aromatic rings. The minimum absolute atomic E-state index is 0.661. The van der Waals surface area contributed by atoms with E-state index in [1.165, 1.54) is 30.7 Å². The van der Waals surface area contributed by atoms with E-state index in [1.54, 1.807) is 0 Å². The molecule has 1 saturated heterocycles. The predicted molar refractivity (Wildman–Crippen MR) is 84.2 cm³/mol. The zero-order valence-electron chi connectivity index (χ0n) is 12.2. The summed E-state index contributed by atoms with van der Waals surface area (Å²) in [5, 5.41) is 4.26. The second-order valence-electron chi connectivity index (χ2n) is 6.01. The van der Waals surface area contributed by atoms with Crippen LogP contribution in [-0.2, 0) is 13.5 Å². The molecule has 0 aliphatic carbocycles. The average Bonchev–Trinajstić information content (AvgIpc) is 2.75. The first-order chi connectivity index (χ1) is 9.65. The minimum atomic E-state index is 0.661. The molecule has 0 amide bonds. The van der Waals surface area contributed by atoms with Crippen molar-refractivity contribution >= 4 is 22.6 Å². The van der Waals surface area contributed by atoms with Crippen molar-refractivity contribution in [3.05, 3.63) is 29.0 Å². The number of hydrogen-bond donors (Lipinski definition) is 1. The van der Waals surface area contributed by atoms with Crippen LogP contribution >= 0.6 is 11.6 Å². The Balaban J connectivity index is 1.81. The number of nitrogens with zero attached hydrogens (tertiary/aromatic N) is 2. The third-order valence-electron chi connectivity index (χ3n) is 4.58. The summed E-state index contributed by atoms with van der Waals surface area (Å²) in [5.74, 6) is 2.60. The smallest absolute Gasteiger partial charge is 0.109 e. The summed E-state index contributed by atoms with van der Waals surface area (Å²) in [6.45, 7) is 4.68. The van der Waals surface area contributed by atoms with Crippen molar-refractivity contribution in [1.82, 2.24) is 14.9 Å². The fourth-order valence-electron chi connectivity index (χ4n) is 3.22. The van der Waals surface area contributed by atoms with Crippen molar-refractivity contribution in [3.8, 4) is 0 Å². The molecule has 0 saturated carbocycles. The lowest BCUT2D eigenvalue weighted by atomic mass is 9.85. The highest BCUT2D eigenvalue weighted by Crippen LogP contribution is 2.25. The monoisotopic (exact) mass is 291 g/mol. The van der Waals surface area contributed by atoms with Gasteiger partial charge in [0.25, 0.3) is 0 Å². The molecule has 0 spiro atoms. The largest absolute Gasteiger partial charge is 0.331 e. The molecule has 0 bridgehead atoms. The maximum absolute atomic E-state index is 6.05. The molecule has 1 N–H and O–H groups in total. The Morgan fingerprint density at radius 1 is 1.50 bits per heavy atom. The van der Waals surface area contributed by atoms with Crippen molar-refractivity contribution in [3.63, 3.8) is 0 Å². The van der Waals surface area contributed by atoms with Crippen LogP contribution in [0, 0.1) is 11.8 Å². The number of nitrogens with one attached hydrogen (secondary N) is 1. The van der Waals surface area contributed by atoms with E-state index < -0.39 is 0 Å². The highest BCUT2D eigenvalue weighted by molar-refractivity contribution is 6.31. The van der Waals surface area contributed by atoms with E-state index >= 15 is 0 Å². The summed E-state index contributed by atoms with van der Waals surface area (Å²) >= 11 is 6.05. The van der Waals surface area contributed by atoms with Crippen molar-refractivity contribution < 1.29 is 0 Å². The molecule has 2 unspecified atom stereocenters. The van der Waals surface area contributed by atoms with Crippen LogP contribution in [0.25, 0.3) is 11.0 Å². The Morgan fingerprint density at radius 3 is 3.10 bits per heavy atom. The predicted octanol–water partition coefficient (Wildman–Crippen LogP) is 3.40. The summed E-state index contributed by atoms with van der Waals surface area (Å²) in [5.41, 5.74) is 2.17. The van der Waals surface area contributed by atoms with Crippen molar-refractivity contribution in [1.29, 1.82) is 0 Å². The Hall–Kier alpha value is -1.06. The second kappa shape index (κ2) is 5.74. The molecule has 108 valence electrons. The molecule has 3 nitrogen and oxygen atoms in total. The van der Waals surface area contributed by atoms with Crippen LogP contribution in [0.3, 0.4) is 0 Å². The van der Waals surface area contributed by atoms with E-state index in [0.717, 1.165) is 29.4 Å². The van der Waals surface area contributed by atoms with Crippen LogP contribution < -0.4 is 5.32 Å². The molecule has 1 aromatic carbocycles. The molecule has 20 heavy (non-hydrogen) atoms. The van der Waals surface area contributed by atoms with Gasteiger partial charge in [-0.1, -0.05) is 18.5 Å². The van der Waals surface area contributed by atoms with Crippen LogP contribution in [0.4, 0.5) is 0 Å². The number of aryl methyl sites for hydroxylation is 1. The number of aromatic nitrogens is 2. The molecule has 1 aliphatic rings. The summed E-state index contributed by atoms with van der Waals surface area (Å²) in [7, 11) is 2.10. The number of rotatable bonds is 3. The van der Waals surface area contributed by atoms with Crippen molar-refractivity contribution in [2.75, 3.05) is 13.1 Å². The first kappa shape index (κ1) is 13.9.